The van der Waals surface area contributed by atoms with E-state index in [9.17, 15) is 0 Å². The molecule has 0 amide bonds. The van der Waals surface area contributed by atoms with Crippen LogP contribution < -0.4 is 15.4 Å². The first-order valence-electron chi connectivity index (χ1n) is 5.46. The van der Waals surface area contributed by atoms with Crippen molar-refractivity contribution < 1.29 is 4.74 Å². The highest BCUT2D eigenvalue weighted by atomic mass is 16.5. The van der Waals surface area contributed by atoms with Crippen LogP contribution in [-0.2, 0) is 6.42 Å². The molecular weight excluding hydrogens is 188 g/mol. The smallest absolute Gasteiger partial charge is 0.122 e. The summed E-state index contributed by atoms with van der Waals surface area (Å²) in [6.45, 7) is 3.17. The lowest BCUT2D eigenvalue weighted by Crippen LogP contribution is -2.49. The third kappa shape index (κ3) is 2.70. The normalized spacial score (nSPS) is 21.3. The van der Waals surface area contributed by atoms with Crippen LogP contribution in [0.4, 0.5) is 0 Å². The number of ether oxygens (including phenoxy) is 1. The molecule has 3 heteroatoms. The number of hydrogen-bond donors (Lipinski definition) is 2. The lowest BCUT2D eigenvalue weighted by atomic mass is 10.0. The summed E-state index contributed by atoms with van der Waals surface area (Å²) in [4.78, 5) is 0. The minimum Gasteiger partial charge on any atom is -0.496 e. The molecular formula is C12H18N2O. The Hall–Kier alpha value is -1.06. The third-order valence-corrected chi connectivity index (χ3v) is 2.78. The number of para-hydroxylation sites is 1. The van der Waals surface area contributed by atoms with Gasteiger partial charge in [0.25, 0.3) is 0 Å². The van der Waals surface area contributed by atoms with Gasteiger partial charge in [0.1, 0.15) is 5.75 Å². The zero-order valence-electron chi connectivity index (χ0n) is 9.12. The second kappa shape index (κ2) is 5.14. The Kier molecular flexibility index (Phi) is 3.59. The summed E-state index contributed by atoms with van der Waals surface area (Å²) in [6.07, 6.45) is 1.02. The van der Waals surface area contributed by atoms with Crippen LogP contribution in [-0.4, -0.2) is 32.8 Å². The Morgan fingerprint density at radius 1 is 1.33 bits per heavy atom. The van der Waals surface area contributed by atoms with Gasteiger partial charge in [-0.05, 0) is 18.1 Å². The maximum absolute atomic E-state index is 5.34. The highest BCUT2D eigenvalue weighted by molar-refractivity contribution is 5.33. The average Bonchev–Trinajstić information content (AvgIpc) is 2.31. The van der Waals surface area contributed by atoms with E-state index in [-0.39, 0.29) is 0 Å². The molecule has 1 atom stereocenters. The number of benzene rings is 1. The van der Waals surface area contributed by atoms with Crippen LogP contribution in [0.2, 0.25) is 0 Å². The Labute approximate surface area is 90.8 Å². The van der Waals surface area contributed by atoms with E-state index in [1.165, 1.54) is 5.56 Å². The fraction of sp³-hybridized carbons (Fsp3) is 0.500. The topological polar surface area (TPSA) is 33.3 Å². The van der Waals surface area contributed by atoms with Gasteiger partial charge in [-0.1, -0.05) is 18.2 Å². The van der Waals surface area contributed by atoms with Gasteiger partial charge in [-0.25, -0.2) is 0 Å². The number of piperazine rings is 1. The van der Waals surface area contributed by atoms with Gasteiger partial charge < -0.3 is 15.4 Å². The number of rotatable bonds is 3. The summed E-state index contributed by atoms with van der Waals surface area (Å²) in [5.41, 5.74) is 1.28. The molecule has 1 aromatic rings. The molecule has 0 saturated carbocycles. The van der Waals surface area contributed by atoms with E-state index < -0.39 is 0 Å². The summed E-state index contributed by atoms with van der Waals surface area (Å²) in [5.74, 6) is 0.991. The van der Waals surface area contributed by atoms with Crippen LogP contribution in [0.3, 0.4) is 0 Å². The van der Waals surface area contributed by atoms with E-state index in [1.807, 2.05) is 12.1 Å². The first kappa shape index (κ1) is 10.5. The van der Waals surface area contributed by atoms with E-state index in [0.717, 1.165) is 31.8 Å². The third-order valence-electron chi connectivity index (χ3n) is 2.78. The van der Waals surface area contributed by atoms with Crippen molar-refractivity contribution >= 4 is 0 Å². The first-order chi connectivity index (χ1) is 7.40. The van der Waals surface area contributed by atoms with Crippen molar-refractivity contribution in [1.29, 1.82) is 0 Å². The van der Waals surface area contributed by atoms with Gasteiger partial charge in [-0.3, -0.25) is 0 Å². The fourth-order valence-corrected chi connectivity index (χ4v) is 1.99. The number of hydrogen-bond acceptors (Lipinski definition) is 3. The highest BCUT2D eigenvalue weighted by Crippen LogP contribution is 2.18. The monoisotopic (exact) mass is 206 g/mol. The number of nitrogens with one attached hydrogen (secondary N) is 2. The molecule has 1 heterocycles. The van der Waals surface area contributed by atoms with E-state index in [2.05, 4.69) is 22.8 Å². The summed E-state index contributed by atoms with van der Waals surface area (Å²) < 4.78 is 5.34. The Balaban J connectivity index is 2.02. The standard InChI is InChI=1S/C12H18N2O/c1-15-12-5-3-2-4-10(12)8-11-9-13-6-7-14-11/h2-5,11,13-14H,6-9H2,1H3/t11-/m1/s1. The fourth-order valence-electron chi connectivity index (χ4n) is 1.99. The molecule has 0 spiro atoms. The Bertz CT molecular complexity index is 308. The van der Waals surface area contributed by atoms with Gasteiger partial charge in [0.2, 0.25) is 0 Å². The molecule has 0 unspecified atom stereocenters. The van der Waals surface area contributed by atoms with Gasteiger partial charge in [0, 0.05) is 25.7 Å². The zero-order valence-corrected chi connectivity index (χ0v) is 9.12. The molecule has 1 aliphatic heterocycles. The average molecular weight is 206 g/mol. The zero-order chi connectivity index (χ0) is 10.5. The first-order valence-corrected chi connectivity index (χ1v) is 5.46. The molecule has 0 radical (unpaired) electrons. The molecule has 3 nitrogen and oxygen atoms in total. The molecule has 1 aliphatic rings. The maximum Gasteiger partial charge on any atom is 0.122 e. The van der Waals surface area contributed by atoms with Crippen molar-refractivity contribution in [1.82, 2.24) is 10.6 Å². The summed E-state index contributed by atoms with van der Waals surface area (Å²) in [7, 11) is 1.73. The summed E-state index contributed by atoms with van der Waals surface area (Å²) >= 11 is 0. The van der Waals surface area contributed by atoms with E-state index in [0.29, 0.717) is 6.04 Å². The van der Waals surface area contributed by atoms with Crippen molar-refractivity contribution in [2.75, 3.05) is 26.7 Å². The quantitative estimate of drug-likeness (QED) is 0.767. The lowest BCUT2D eigenvalue weighted by molar-refractivity contribution is 0.391. The SMILES string of the molecule is COc1ccccc1C[C@@H]1CNCCN1. The molecule has 0 aromatic heterocycles. The van der Waals surface area contributed by atoms with Crippen LogP contribution >= 0.6 is 0 Å². The molecule has 15 heavy (non-hydrogen) atoms. The molecule has 82 valence electrons. The van der Waals surface area contributed by atoms with Crippen LogP contribution in [0.15, 0.2) is 24.3 Å². The van der Waals surface area contributed by atoms with E-state index in [1.54, 1.807) is 7.11 Å². The molecule has 2 N–H and O–H groups in total. The van der Waals surface area contributed by atoms with Gasteiger partial charge in [0.15, 0.2) is 0 Å². The van der Waals surface area contributed by atoms with Crippen LogP contribution in [0.1, 0.15) is 5.56 Å². The van der Waals surface area contributed by atoms with Crippen LogP contribution in [0.5, 0.6) is 5.75 Å². The van der Waals surface area contributed by atoms with Crippen LogP contribution in [0.25, 0.3) is 0 Å². The molecule has 0 aliphatic carbocycles. The molecule has 1 saturated heterocycles. The van der Waals surface area contributed by atoms with Crippen molar-refractivity contribution in [3.8, 4) is 5.75 Å². The largest absolute Gasteiger partial charge is 0.496 e. The predicted molar refractivity (Wildman–Crippen MR) is 61.4 cm³/mol. The Morgan fingerprint density at radius 3 is 2.93 bits per heavy atom. The van der Waals surface area contributed by atoms with Gasteiger partial charge in [-0.15, -0.1) is 0 Å². The molecule has 1 fully saturated rings. The highest BCUT2D eigenvalue weighted by Gasteiger charge is 2.14. The summed E-state index contributed by atoms with van der Waals surface area (Å²) in [6, 6.07) is 8.75. The second-order valence-corrected chi connectivity index (χ2v) is 3.87. The maximum atomic E-state index is 5.34. The van der Waals surface area contributed by atoms with E-state index >= 15 is 0 Å². The van der Waals surface area contributed by atoms with Gasteiger partial charge in [-0.2, -0.15) is 0 Å². The Morgan fingerprint density at radius 2 is 2.20 bits per heavy atom. The lowest BCUT2D eigenvalue weighted by Gasteiger charge is -2.25. The summed E-state index contributed by atoms with van der Waals surface area (Å²) in [5, 5.41) is 6.89. The van der Waals surface area contributed by atoms with Crippen molar-refractivity contribution in [3.63, 3.8) is 0 Å². The van der Waals surface area contributed by atoms with Crippen LogP contribution in [0, 0.1) is 0 Å². The minimum absolute atomic E-state index is 0.523. The predicted octanol–water partition coefficient (Wildman–Crippen LogP) is 0.799. The number of methoxy groups -OCH3 is 1. The molecule has 0 bridgehead atoms. The van der Waals surface area contributed by atoms with Gasteiger partial charge >= 0.3 is 0 Å². The molecule has 1 aromatic carbocycles. The second-order valence-electron chi connectivity index (χ2n) is 3.87. The van der Waals surface area contributed by atoms with E-state index in [4.69, 9.17) is 4.74 Å². The molecule has 2 rings (SSSR count). The van der Waals surface area contributed by atoms with Crippen molar-refractivity contribution in [2.45, 2.75) is 12.5 Å². The minimum atomic E-state index is 0.523. The van der Waals surface area contributed by atoms with Gasteiger partial charge in [0.05, 0.1) is 7.11 Å². The van der Waals surface area contributed by atoms with Crippen molar-refractivity contribution in [2.24, 2.45) is 0 Å². The van der Waals surface area contributed by atoms with Crippen molar-refractivity contribution in [3.05, 3.63) is 29.8 Å².